The van der Waals surface area contributed by atoms with Gasteiger partial charge in [0.2, 0.25) is 0 Å². The molecule has 0 heterocycles. The van der Waals surface area contributed by atoms with E-state index in [0.29, 0.717) is 12.5 Å². The van der Waals surface area contributed by atoms with Crippen LogP contribution in [0, 0.1) is 11.8 Å². The van der Waals surface area contributed by atoms with Gasteiger partial charge in [-0.05, 0) is 63.2 Å². The quantitative estimate of drug-likeness (QED) is 0.774. The molecular formula is C14H27NO. The molecule has 0 unspecified atom stereocenters. The fourth-order valence-electron chi connectivity index (χ4n) is 3.27. The first-order chi connectivity index (χ1) is 7.78. The van der Waals surface area contributed by atoms with E-state index < -0.39 is 0 Å². The summed E-state index contributed by atoms with van der Waals surface area (Å²) in [5.74, 6) is 1.53. The standard InChI is InChI=1S/C14H27NO/c1-11-2-6-13(7-3-11)15-14-8-4-12(10-16)5-9-14/h11-16H,2-10H2,1H3. The topological polar surface area (TPSA) is 32.3 Å². The van der Waals surface area contributed by atoms with Crippen LogP contribution in [0.25, 0.3) is 0 Å². The molecular weight excluding hydrogens is 198 g/mol. The highest BCUT2D eigenvalue weighted by atomic mass is 16.3. The molecule has 2 saturated carbocycles. The molecule has 0 aromatic heterocycles. The lowest BCUT2D eigenvalue weighted by molar-refractivity contribution is 0.166. The van der Waals surface area contributed by atoms with Crippen LogP contribution in [-0.4, -0.2) is 23.8 Å². The Labute approximate surface area is 99.8 Å². The number of rotatable bonds is 3. The molecule has 0 radical (unpaired) electrons. The van der Waals surface area contributed by atoms with E-state index in [1.54, 1.807) is 0 Å². The highest BCUT2D eigenvalue weighted by Gasteiger charge is 2.24. The molecule has 94 valence electrons. The van der Waals surface area contributed by atoms with Gasteiger partial charge in [-0.25, -0.2) is 0 Å². The minimum absolute atomic E-state index is 0.396. The third kappa shape index (κ3) is 3.46. The van der Waals surface area contributed by atoms with Crippen molar-refractivity contribution in [3.8, 4) is 0 Å². The molecule has 2 aliphatic rings. The summed E-state index contributed by atoms with van der Waals surface area (Å²) < 4.78 is 0. The van der Waals surface area contributed by atoms with Crippen LogP contribution in [0.2, 0.25) is 0 Å². The Morgan fingerprint density at radius 3 is 1.88 bits per heavy atom. The Morgan fingerprint density at radius 1 is 0.875 bits per heavy atom. The van der Waals surface area contributed by atoms with Crippen LogP contribution in [0.4, 0.5) is 0 Å². The summed E-state index contributed by atoms with van der Waals surface area (Å²) in [7, 11) is 0. The second-order valence-electron chi connectivity index (χ2n) is 6.02. The van der Waals surface area contributed by atoms with Crippen molar-refractivity contribution in [1.29, 1.82) is 0 Å². The minimum Gasteiger partial charge on any atom is -0.396 e. The Bertz CT molecular complexity index is 191. The van der Waals surface area contributed by atoms with Crippen LogP contribution in [0.15, 0.2) is 0 Å². The molecule has 2 rings (SSSR count). The van der Waals surface area contributed by atoms with Crippen LogP contribution in [0.1, 0.15) is 58.3 Å². The number of nitrogens with one attached hydrogen (secondary N) is 1. The minimum atomic E-state index is 0.396. The molecule has 0 saturated heterocycles. The predicted molar refractivity (Wildman–Crippen MR) is 67.4 cm³/mol. The highest BCUT2D eigenvalue weighted by molar-refractivity contribution is 4.82. The van der Waals surface area contributed by atoms with Gasteiger partial charge in [-0.15, -0.1) is 0 Å². The van der Waals surface area contributed by atoms with Gasteiger partial charge >= 0.3 is 0 Å². The van der Waals surface area contributed by atoms with Crippen molar-refractivity contribution in [3.05, 3.63) is 0 Å². The van der Waals surface area contributed by atoms with Gasteiger partial charge in [-0.2, -0.15) is 0 Å². The van der Waals surface area contributed by atoms with Gasteiger partial charge in [-0.1, -0.05) is 6.92 Å². The molecule has 0 spiro atoms. The summed E-state index contributed by atoms with van der Waals surface area (Å²) in [5, 5.41) is 12.9. The average Bonchev–Trinajstić information content (AvgIpc) is 2.33. The summed E-state index contributed by atoms with van der Waals surface area (Å²) in [4.78, 5) is 0. The van der Waals surface area contributed by atoms with Crippen LogP contribution >= 0.6 is 0 Å². The van der Waals surface area contributed by atoms with Crippen molar-refractivity contribution in [2.24, 2.45) is 11.8 Å². The smallest absolute Gasteiger partial charge is 0.0459 e. The monoisotopic (exact) mass is 225 g/mol. The van der Waals surface area contributed by atoms with E-state index in [1.807, 2.05) is 0 Å². The van der Waals surface area contributed by atoms with E-state index in [1.165, 1.54) is 51.4 Å². The van der Waals surface area contributed by atoms with Crippen LogP contribution in [0.5, 0.6) is 0 Å². The van der Waals surface area contributed by atoms with Gasteiger partial charge in [0.05, 0.1) is 0 Å². The van der Waals surface area contributed by atoms with E-state index in [-0.39, 0.29) is 0 Å². The van der Waals surface area contributed by atoms with Crippen molar-refractivity contribution in [2.45, 2.75) is 70.4 Å². The largest absolute Gasteiger partial charge is 0.396 e. The van der Waals surface area contributed by atoms with Gasteiger partial charge < -0.3 is 10.4 Å². The summed E-state index contributed by atoms with van der Waals surface area (Å²) in [5.41, 5.74) is 0. The lowest BCUT2D eigenvalue weighted by Crippen LogP contribution is -2.42. The molecule has 0 atom stereocenters. The molecule has 0 aromatic rings. The molecule has 2 heteroatoms. The molecule has 0 aromatic carbocycles. The zero-order valence-corrected chi connectivity index (χ0v) is 10.6. The zero-order chi connectivity index (χ0) is 11.4. The zero-order valence-electron chi connectivity index (χ0n) is 10.6. The molecule has 2 aliphatic carbocycles. The van der Waals surface area contributed by atoms with Crippen molar-refractivity contribution < 1.29 is 5.11 Å². The van der Waals surface area contributed by atoms with E-state index >= 15 is 0 Å². The molecule has 2 N–H and O–H groups in total. The number of aliphatic hydroxyl groups excluding tert-OH is 1. The lowest BCUT2D eigenvalue weighted by Gasteiger charge is -2.34. The third-order valence-corrected chi connectivity index (χ3v) is 4.59. The maximum atomic E-state index is 9.11. The molecule has 16 heavy (non-hydrogen) atoms. The summed E-state index contributed by atoms with van der Waals surface area (Å²) in [6.07, 6.45) is 10.6. The molecule has 2 fully saturated rings. The highest BCUT2D eigenvalue weighted by Crippen LogP contribution is 2.27. The Balaban J connectivity index is 1.66. The van der Waals surface area contributed by atoms with Gasteiger partial charge in [-0.3, -0.25) is 0 Å². The SMILES string of the molecule is CC1CCC(NC2CCC(CO)CC2)CC1. The maximum Gasteiger partial charge on any atom is 0.0459 e. The van der Waals surface area contributed by atoms with E-state index in [9.17, 15) is 0 Å². The predicted octanol–water partition coefficient (Wildman–Crippen LogP) is 2.71. The first kappa shape index (κ1) is 12.4. The van der Waals surface area contributed by atoms with E-state index in [0.717, 1.165) is 18.0 Å². The molecule has 0 amide bonds. The normalized spacial score (nSPS) is 40.9. The van der Waals surface area contributed by atoms with Gasteiger partial charge in [0.1, 0.15) is 0 Å². The lowest BCUT2D eigenvalue weighted by atomic mass is 9.83. The Kier molecular flexibility index (Phi) is 4.66. The van der Waals surface area contributed by atoms with Gasteiger partial charge in [0.15, 0.2) is 0 Å². The van der Waals surface area contributed by atoms with Crippen LogP contribution in [-0.2, 0) is 0 Å². The van der Waals surface area contributed by atoms with Crippen molar-refractivity contribution in [2.75, 3.05) is 6.61 Å². The fraction of sp³-hybridized carbons (Fsp3) is 1.00. The third-order valence-electron chi connectivity index (χ3n) is 4.59. The van der Waals surface area contributed by atoms with Crippen molar-refractivity contribution >= 4 is 0 Å². The van der Waals surface area contributed by atoms with Crippen LogP contribution < -0.4 is 5.32 Å². The van der Waals surface area contributed by atoms with E-state index in [4.69, 9.17) is 5.11 Å². The van der Waals surface area contributed by atoms with Gasteiger partial charge in [0, 0.05) is 18.7 Å². The number of hydrogen-bond acceptors (Lipinski definition) is 2. The maximum absolute atomic E-state index is 9.11. The van der Waals surface area contributed by atoms with E-state index in [2.05, 4.69) is 12.2 Å². The molecule has 0 bridgehead atoms. The number of aliphatic hydroxyl groups is 1. The molecule has 0 aliphatic heterocycles. The second kappa shape index (κ2) is 6.02. The van der Waals surface area contributed by atoms with Crippen molar-refractivity contribution in [3.63, 3.8) is 0 Å². The second-order valence-corrected chi connectivity index (χ2v) is 6.02. The fourth-order valence-corrected chi connectivity index (χ4v) is 3.27. The first-order valence-electron chi connectivity index (χ1n) is 7.15. The number of hydrogen-bond donors (Lipinski definition) is 2. The first-order valence-corrected chi connectivity index (χ1v) is 7.15. The summed E-state index contributed by atoms with van der Waals surface area (Å²) >= 11 is 0. The Hall–Kier alpha value is -0.0800. The van der Waals surface area contributed by atoms with Gasteiger partial charge in [0.25, 0.3) is 0 Å². The Morgan fingerprint density at radius 2 is 1.38 bits per heavy atom. The van der Waals surface area contributed by atoms with Crippen LogP contribution in [0.3, 0.4) is 0 Å². The summed E-state index contributed by atoms with van der Waals surface area (Å²) in [6.45, 7) is 2.77. The van der Waals surface area contributed by atoms with Crippen molar-refractivity contribution in [1.82, 2.24) is 5.32 Å². The summed E-state index contributed by atoms with van der Waals surface area (Å²) in [6, 6.07) is 1.52. The molecule has 2 nitrogen and oxygen atoms in total. The average molecular weight is 225 g/mol.